The molecule has 0 atom stereocenters. The van der Waals surface area contributed by atoms with Gasteiger partial charge in [-0.2, -0.15) is 0 Å². The van der Waals surface area contributed by atoms with Crippen LogP contribution in [0.15, 0.2) is 54.6 Å². The molecule has 27 heavy (non-hydrogen) atoms. The maximum atomic E-state index is 11.8. The largest absolute Gasteiger partial charge is 0.378 e. The number of carbonyl (C=O) groups is 2. The van der Waals surface area contributed by atoms with Crippen molar-refractivity contribution in [3.63, 3.8) is 0 Å². The number of anilines is 1. The Morgan fingerprint density at radius 3 is 2.26 bits per heavy atom. The highest BCUT2D eigenvalue weighted by molar-refractivity contribution is 5.80. The van der Waals surface area contributed by atoms with E-state index in [9.17, 15) is 19.7 Å². The maximum Gasteiger partial charge on any atom is 0.292 e. The van der Waals surface area contributed by atoms with Gasteiger partial charge >= 0.3 is 0 Å². The molecule has 0 spiro atoms. The van der Waals surface area contributed by atoms with E-state index in [1.807, 2.05) is 30.3 Å². The van der Waals surface area contributed by atoms with Crippen LogP contribution in [-0.2, 0) is 16.0 Å². The van der Waals surface area contributed by atoms with Crippen LogP contribution in [0.3, 0.4) is 0 Å². The number of amides is 2. The fraction of sp³-hybridized carbons (Fsp3) is 0.263. The summed E-state index contributed by atoms with van der Waals surface area (Å²) in [5.74, 6) is -0.327. The van der Waals surface area contributed by atoms with Crippen molar-refractivity contribution in [1.29, 1.82) is 0 Å². The Morgan fingerprint density at radius 2 is 1.52 bits per heavy atom. The monoisotopic (exact) mass is 370 g/mol. The van der Waals surface area contributed by atoms with Crippen molar-refractivity contribution >= 4 is 23.2 Å². The zero-order chi connectivity index (χ0) is 19.5. The fourth-order valence-electron chi connectivity index (χ4n) is 2.43. The minimum atomic E-state index is -0.459. The van der Waals surface area contributed by atoms with Crippen LogP contribution < -0.4 is 16.0 Å². The summed E-state index contributed by atoms with van der Waals surface area (Å²) in [4.78, 5) is 34.0. The first-order chi connectivity index (χ1) is 13.1. The van der Waals surface area contributed by atoms with E-state index >= 15 is 0 Å². The van der Waals surface area contributed by atoms with Gasteiger partial charge < -0.3 is 16.0 Å². The first-order valence-electron chi connectivity index (χ1n) is 8.61. The molecule has 8 heteroatoms. The Hall–Kier alpha value is -3.42. The smallest absolute Gasteiger partial charge is 0.292 e. The molecule has 2 rings (SSSR count). The van der Waals surface area contributed by atoms with Gasteiger partial charge in [0.2, 0.25) is 11.8 Å². The summed E-state index contributed by atoms with van der Waals surface area (Å²) in [6, 6.07) is 15.7. The van der Waals surface area contributed by atoms with Crippen LogP contribution in [0.5, 0.6) is 0 Å². The summed E-state index contributed by atoms with van der Waals surface area (Å²) in [6.45, 7) is 0.939. The summed E-state index contributed by atoms with van der Waals surface area (Å²) in [5.41, 5.74) is 1.32. The molecular weight excluding hydrogens is 348 g/mol. The molecular formula is C19H22N4O4. The topological polar surface area (TPSA) is 113 Å². The summed E-state index contributed by atoms with van der Waals surface area (Å²) in [7, 11) is 0. The molecule has 0 aromatic heterocycles. The summed E-state index contributed by atoms with van der Waals surface area (Å²) in [5, 5.41) is 19.2. The van der Waals surface area contributed by atoms with E-state index in [-0.39, 0.29) is 36.9 Å². The first-order valence-corrected chi connectivity index (χ1v) is 8.61. The molecule has 0 radical (unpaired) electrons. The third-order valence-corrected chi connectivity index (χ3v) is 3.75. The van der Waals surface area contributed by atoms with Crippen molar-refractivity contribution in [3.05, 3.63) is 70.3 Å². The number of hydrogen-bond donors (Lipinski definition) is 3. The second kappa shape index (κ2) is 10.5. The molecule has 0 bridgehead atoms. The molecule has 0 fully saturated rings. The Balaban J connectivity index is 1.60. The second-order valence-corrected chi connectivity index (χ2v) is 5.81. The predicted molar refractivity (Wildman–Crippen MR) is 102 cm³/mol. The fourth-order valence-corrected chi connectivity index (χ4v) is 2.43. The normalized spacial score (nSPS) is 10.1. The number of hydrogen-bond acceptors (Lipinski definition) is 5. The van der Waals surface area contributed by atoms with Crippen LogP contribution in [0, 0.1) is 10.1 Å². The third kappa shape index (κ3) is 7.15. The van der Waals surface area contributed by atoms with Crippen LogP contribution in [0.4, 0.5) is 11.4 Å². The van der Waals surface area contributed by atoms with Crippen LogP contribution in [0.1, 0.15) is 12.0 Å². The van der Waals surface area contributed by atoms with Gasteiger partial charge in [0.1, 0.15) is 5.69 Å². The van der Waals surface area contributed by atoms with Gasteiger partial charge in [-0.05, 0) is 11.6 Å². The van der Waals surface area contributed by atoms with Crippen LogP contribution in [0.25, 0.3) is 0 Å². The zero-order valence-corrected chi connectivity index (χ0v) is 14.8. The van der Waals surface area contributed by atoms with Crippen LogP contribution >= 0.6 is 0 Å². The van der Waals surface area contributed by atoms with E-state index < -0.39 is 4.92 Å². The van der Waals surface area contributed by atoms with Gasteiger partial charge in [-0.15, -0.1) is 0 Å². The molecule has 8 nitrogen and oxygen atoms in total. The van der Waals surface area contributed by atoms with E-state index in [0.717, 1.165) is 5.56 Å². The molecule has 0 unspecified atom stereocenters. The standard InChI is InChI=1S/C19H22N4O4/c24-18(10-11-21-19(25)14-15-6-2-1-3-7-15)22-13-12-20-16-8-4-5-9-17(16)23(26)27/h1-9,20H,10-14H2,(H,21,25)(H,22,24). The highest BCUT2D eigenvalue weighted by Crippen LogP contribution is 2.22. The van der Waals surface area contributed by atoms with Gasteiger partial charge in [0.05, 0.1) is 11.3 Å². The molecule has 0 heterocycles. The van der Waals surface area contributed by atoms with E-state index in [1.54, 1.807) is 18.2 Å². The Labute approximate surface area is 157 Å². The molecule has 0 aliphatic heterocycles. The lowest BCUT2D eigenvalue weighted by Gasteiger charge is -2.09. The van der Waals surface area contributed by atoms with E-state index in [0.29, 0.717) is 18.8 Å². The summed E-state index contributed by atoms with van der Waals surface area (Å²) >= 11 is 0. The molecule has 0 saturated heterocycles. The van der Waals surface area contributed by atoms with Crippen molar-refractivity contribution < 1.29 is 14.5 Å². The molecule has 142 valence electrons. The molecule has 3 N–H and O–H groups in total. The highest BCUT2D eigenvalue weighted by atomic mass is 16.6. The van der Waals surface area contributed by atoms with Crippen molar-refractivity contribution in [2.75, 3.05) is 25.0 Å². The van der Waals surface area contributed by atoms with Crippen molar-refractivity contribution in [3.8, 4) is 0 Å². The summed E-state index contributed by atoms with van der Waals surface area (Å²) in [6.07, 6.45) is 0.453. The van der Waals surface area contributed by atoms with Gasteiger partial charge in [-0.3, -0.25) is 19.7 Å². The van der Waals surface area contributed by atoms with Crippen molar-refractivity contribution in [1.82, 2.24) is 10.6 Å². The number of nitro groups is 1. The lowest BCUT2D eigenvalue weighted by atomic mass is 10.1. The minimum absolute atomic E-state index is 0.00930. The third-order valence-electron chi connectivity index (χ3n) is 3.75. The lowest BCUT2D eigenvalue weighted by Crippen LogP contribution is -2.33. The first kappa shape index (κ1) is 19.9. The minimum Gasteiger partial charge on any atom is -0.378 e. The number of benzene rings is 2. The van der Waals surface area contributed by atoms with Crippen molar-refractivity contribution in [2.45, 2.75) is 12.8 Å². The number of nitro benzene ring substituents is 1. The molecule has 0 aliphatic rings. The van der Waals surface area contributed by atoms with Crippen LogP contribution in [0.2, 0.25) is 0 Å². The SMILES string of the molecule is O=C(CCNC(=O)Cc1ccccc1)NCCNc1ccccc1[N+](=O)[O-]. The number of carbonyl (C=O) groups excluding carboxylic acids is 2. The Bertz CT molecular complexity index is 780. The van der Waals surface area contributed by atoms with Crippen molar-refractivity contribution in [2.24, 2.45) is 0 Å². The predicted octanol–water partition coefficient (Wildman–Crippen LogP) is 1.87. The van der Waals surface area contributed by atoms with Gasteiger partial charge in [0, 0.05) is 32.1 Å². The molecule has 0 aliphatic carbocycles. The van der Waals surface area contributed by atoms with E-state index in [1.165, 1.54) is 6.07 Å². The van der Waals surface area contributed by atoms with Gasteiger partial charge in [0.15, 0.2) is 0 Å². The summed E-state index contributed by atoms with van der Waals surface area (Å²) < 4.78 is 0. The average Bonchev–Trinajstić information content (AvgIpc) is 2.66. The maximum absolute atomic E-state index is 11.8. The van der Waals surface area contributed by atoms with Gasteiger partial charge in [-0.1, -0.05) is 42.5 Å². The average molecular weight is 370 g/mol. The number of para-hydroxylation sites is 2. The number of rotatable bonds is 10. The highest BCUT2D eigenvalue weighted by Gasteiger charge is 2.11. The zero-order valence-electron chi connectivity index (χ0n) is 14.8. The number of nitrogens with zero attached hydrogens (tertiary/aromatic N) is 1. The van der Waals surface area contributed by atoms with E-state index in [4.69, 9.17) is 0 Å². The Morgan fingerprint density at radius 1 is 0.852 bits per heavy atom. The quantitative estimate of drug-likeness (QED) is 0.336. The Kier molecular flexibility index (Phi) is 7.77. The lowest BCUT2D eigenvalue weighted by molar-refractivity contribution is -0.384. The van der Waals surface area contributed by atoms with Gasteiger partial charge in [-0.25, -0.2) is 0 Å². The van der Waals surface area contributed by atoms with Gasteiger partial charge in [0.25, 0.3) is 5.69 Å². The molecule has 2 aromatic rings. The van der Waals surface area contributed by atoms with E-state index in [2.05, 4.69) is 16.0 Å². The molecule has 2 aromatic carbocycles. The number of nitrogens with one attached hydrogen (secondary N) is 3. The second-order valence-electron chi connectivity index (χ2n) is 5.81. The molecule has 0 saturated carbocycles. The van der Waals surface area contributed by atoms with Crippen LogP contribution in [-0.4, -0.2) is 36.4 Å². The molecule has 2 amide bonds.